The fraction of sp³-hybridized carbons (Fsp3) is 0.923. The highest BCUT2D eigenvalue weighted by Gasteiger charge is 2.33. The van der Waals surface area contributed by atoms with Gasteiger partial charge in [-0.1, -0.05) is 20.3 Å². The molecule has 0 aromatic carbocycles. The maximum absolute atomic E-state index is 12.2. The molecule has 0 aromatic rings. The van der Waals surface area contributed by atoms with Crippen LogP contribution in [0.3, 0.4) is 0 Å². The molecule has 1 fully saturated rings. The van der Waals surface area contributed by atoms with Crippen LogP contribution in [-0.2, 0) is 4.79 Å². The minimum atomic E-state index is 0.198. The number of hydrogen-bond acceptors (Lipinski definition) is 2. The van der Waals surface area contributed by atoms with Gasteiger partial charge in [0.15, 0.2) is 0 Å². The van der Waals surface area contributed by atoms with Gasteiger partial charge in [0.2, 0.25) is 5.91 Å². The first-order valence-electron chi connectivity index (χ1n) is 6.62. The zero-order chi connectivity index (χ0) is 12.1. The van der Waals surface area contributed by atoms with Crippen LogP contribution in [0.2, 0.25) is 0 Å². The van der Waals surface area contributed by atoms with Crippen molar-refractivity contribution in [1.29, 1.82) is 0 Å². The minimum Gasteiger partial charge on any atom is -0.342 e. The van der Waals surface area contributed by atoms with Gasteiger partial charge in [-0.15, -0.1) is 0 Å². The molecule has 0 saturated heterocycles. The topological polar surface area (TPSA) is 46.3 Å². The third-order valence-electron chi connectivity index (χ3n) is 4.10. The van der Waals surface area contributed by atoms with Gasteiger partial charge >= 0.3 is 0 Å². The van der Waals surface area contributed by atoms with Gasteiger partial charge in [0.25, 0.3) is 0 Å². The Labute approximate surface area is 99.4 Å². The zero-order valence-corrected chi connectivity index (χ0v) is 10.9. The van der Waals surface area contributed by atoms with Crippen molar-refractivity contribution in [2.24, 2.45) is 17.6 Å². The monoisotopic (exact) mass is 226 g/mol. The quantitative estimate of drug-likeness (QED) is 0.779. The zero-order valence-electron chi connectivity index (χ0n) is 10.9. The van der Waals surface area contributed by atoms with Crippen LogP contribution in [0.15, 0.2) is 0 Å². The summed E-state index contributed by atoms with van der Waals surface area (Å²) in [5.74, 6) is 1.03. The van der Waals surface area contributed by atoms with E-state index < -0.39 is 0 Å². The predicted octanol–water partition coefficient (Wildman–Crippen LogP) is 2.01. The Morgan fingerprint density at radius 1 is 1.38 bits per heavy atom. The van der Waals surface area contributed by atoms with Gasteiger partial charge in [-0.2, -0.15) is 0 Å². The molecule has 2 unspecified atom stereocenters. The van der Waals surface area contributed by atoms with Gasteiger partial charge in [0.1, 0.15) is 0 Å². The Morgan fingerprint density at radius 2 is 2.00 bits per heavy atom. The van der Waals surface area contributed by atoms with Crippen LogP contribution in [0.25, 0.3) is 0 Å². The summed E-state index contributed by atoms with van der Waals surface area (Å²) in [6, 6.07) is 0.387. The Hall–Kier alpha value is -0.570. The standard InChI is InChI=1S/C13H26N2O/c1-4-10(5-2)13(16)15(3)12-8-6-7-11(12)9-14/h10-12H,4-9,14H2,1-3H3. The molecule has 0 spiro atoms. The van der Waals surface area contributed by atoms with E-state index in [-0.39, 0.29) is 5.92 Å². The second-order valence-electron chi connectivity index (χ2n) is 4.96. The smallest absolute Gasteiger partial charge is 0.225 e. The summed E-state index contributed by atoms with van der Waals surface area (Å²) < 4.78 is 0. The first kappa shape index (κ1) is 13.5. The highest BCUT2D eigenvalue weighted by molar-refractivity contribution is 5.78. The second-order valence-corrected chi connectivity index (χ2v) is 4.96. The molecule has 0 radical (unpaired) electrons. The summed E-state index contributed by atoms with van der Waals surface area (Å²) in [6.45, 7) is 4.90. The van der Waals surface area contributed by atoms with Crippen molar-refractivity contribution in [3.05, 3.63) is 0 Å². The molecule has 0 aliphatic heterocycles. The van der Waals surface area contributed by atoms with Crippen molar-refractivity contribution in [2.45, 2.75) is 52.0 Å². The third kappa shape index (κ3) is 2.76. The lowest BCUT2D eigenvalue weighted by molar-refractivity contribution is -0.137. The SMILES string of the molecule is CCC(CC)C(=O)N(C)C1CCCC1CN. The van der Waals surface area contributed by atoms with Gasteiger partial charge < -0.3 is 10.6 Å². The van der Waals surface area contributed by atoms with E-state index in [0.717, 1.165) is 19.3 Å². The van der Waals surface area contributed by atoms with Crippen molar-refractivity contribution < 1.29 is 4.79 Å². The van der Waals surface area contributed by atoms with Gasteiger partial charge in [0.05, 0.1) is 0 Å². The number of amides is 1. The van der Waals surface area contributed by atoms with Crippen LogP contribution in [0.1, 0.15) is 46.0 Å². The molecule has 1 rings (SSSR count). The molecule has 94 valence electrons. The number of nitrogens with two attached hydrogens (primary N) is 1. The number of rotatable bonds is 5. The van der Waals surface area contributed by atoms with Gasteiger partial charge in [0, 0.05) is 19.0 Å². The van der Waals surface area contributed by atoms with Crippen molar-refractivity contribution in [3.63, 3.8) is 0 Å². The largest absolute Gasteiger partial charge is 0.342 e. The van der Waals surface area contributed by atoms with E-state index in [0.29, 0.717) is 24.4 Å². The molecule has 2 atom stereocenters. The third-order valence-corrected chi connectivity index (χ3v) is 4.10. The van der Waals surface area contributed by atoms with Crippen LogP contribution in [-0.4, -0.2) is 30.4 Å². The summed E-state index contributed by atoms with van der Waals surface area (Å²) in [6.07, 6.45) is 5.42. The normalized spacial score (nSPS) is 25.1. The summed E-state index contributed by atoms with van der Waals surface area (Å²) in [5, 5.41) is 0. The van der Waals surface area contributed by atoms with E-state index in [2.05, 4.69) is 13.8 Å². The van der Waals surface area contributed by atoms with Crippen molar-refractivity contribution in [1.82, 2.24) is 4.90 Å². The van der Waals surface area contributed by atoms with E-state index in [1.165, 1.54) is 12.8 Å². The molecule has 2 N–H and O–H groups in total. The molecule has 1 saturated carbocycles. The second kappa shape index (κ2) is 6.24. The molecule has 1 aliphatic carbocycles. The fourth-order valence-corrected chi connectivity index (χ4v) is 2.89. The molecule has 1 amide bonds. The average Bonchev–Trinajstić information content (AvgIpc) is 2.77. The van der Waals surface area contributed by atoms with E-state index in [4.69, 9.17) is 5.73 Å². The van der Waals surface area contributed by atoms with Crippen LogP contribution in [0.5, 0.6) is 0 Å². The molecule has 0 heterocycles. The van der Waals surface area contributed by atoms with Crippen molar-refractivity contribution in [3.8, 4) is 0 Å². The maximum Gasteiger partial charge on any atom is 0.225 e. The Kier molecular flexibility index (Phi) is 5.26. The summed E-state index contributed by atoms with van der Waals surface area (Å²) >= 11 is 0. The summed E-state index contributed by atoms with van der Waals surface area (Å²) in [7, 11) is 1.96. The maximum atomic E-state index is 12.2. The predicted molar refractivity (Wildman–Crippen MR) is 67.0 cm³/mol. The average molecular weight is 226 g/mol. The van der Waals surface area contributed by atoms with Crippen LogP contribution in [0, 0.1) is 11.8 Å². The molecule has 3 heteroatoms. The molecule has 3 nitrogen and oxygen atoms in total. The highest BCUT2D eigenvalue weighted by Crippen LogP contribution is 2.29. The van der Waals surface area contributed by atoms with Crippen LogP contribution >= 0.6 is 0 Å². The molecule has 0 bridgehead atoms. The number of carbonyl (C=O) groups is 1. The number of carbonyl (C=O) groups excluding carboxylic acids is 1. The van der Waals surface area contributed by atoms with Crippen LogP contribution < -0.4 is 5.73 Å². The minimum absolute atomic E-state index is 0.198. The van der Waals surface area contributed by atoms with Crippen LogP contribution in [0.4, 0.5) is 0 Å². The van der Waals surface area contributed by atoms with Crippen molar-refractivity contribution >= 4 is 5.91 Å². The first-order chi connectivity index (χ1) is 7.65. The lowest BCUT2D eigenvalue weighted by Gasteiger charge is -2.31. The van der Waals surface area contributed by atoms with E-state index in [9.17, 15) is 4.79 Å². The lowest BCUT2D eigenvalue weighted by atomic mass is 9.98. The number of nitrogens with zero attached hydrogens (tertiary/aromatic N) is 1. The van der Waals surface area contributed by atoms with Gasteiger partial charge in [-0.05, 0) is 38.1 Å². The Morgan fingerprint density at radius 3 is 2.50 bits per heavy atom. The highest BCUT2D eigenvalue weighted by atomic mass is 16.2. The molecular formula is C13H26N2O. The van der Waals surface area contributed by atoms with Crippen molar-refractivity contribution in [2.75, 3.05) is 13.6 Å². The Bertz CT molecular complexity index is 226. The summed E-state index contributed by atoms with van der Waals surface area (Å²) in [5.41, 5.74) is 5.77. The number of hydrogen-bond donors (Lipinski definition) is 1. The molecule has 16 heavy (non-hydrogen) atoms. The van der Waals surface area contributed by atoms with Gasteiger partial charge in [-0.3, -0.25) is 4.79 Å². The van der Waals surface area contributed by atoms with E-state index in [1.54, 1.807) is 0 Å². The lowest BCUT2D eigenvalue weighted by Crippen LogP contribution is -2.44. The summed E-state index contributed by atoms with van der Waals surface area (Å²) in [4.78, 5) is 14.2. The fourth-order valence-electron chi connectivity index (χ4n) is 2.89. The molecule has 0 aromatic heterocycles. The first-order valence-corrected chi connectivity index (χ1v) is 6.62. The molecule has 1 aliphatic rings. The molecular weight excluding hydrogens is 200 g/mol. The van der Waals surface area contributed by atoms with E-state index >= 15 is 0 Å². The van der Waals surface area contributed by atoms with E-state index in [1.807, 2.05) is 11.9 Å². The van der Waals surface area contributed by atoms with Gasteiger partial charge in [-0.25, -0.2) is 0 Å². The Balaban J connectivity index is 2.61.